The van der Waals surface area contributed by atoms with Gasteiger partial charge in [-0.25, -0.2) is 0 Å². The number of phenols is 1. The Hall–Kier alpha value is -3.42. The van der Waals surface area contributed by atoms with Crippen LogP contribution in [-0.4, -0.2) is 5.11 Å². The minimum atomic E-state index is -4.40. The Bertz CT molecular complexity index is 1130. The molecule has 0 amide bonds. The highest BCUT2D eigenvalue weighted by molar-refractivity contribution is 5.66. The monoisotopic (exact) mass is 496 g/mol. The van der Waals surface area contributed by atoms with E-state index in [1.165, 1.54) is 12.1 Å². The number of alkyl halides is 6. The van der Waals surface area contributed by atoms with Crippen LogP contribution in [0.4, 0.5) is 26.3 Å². The Morgan fingerprint density at radius 2 is 1.43 bits per heavy atom. The number of rotatable bonds is 5. The van der Waals surface area contributed by atoms with Gasteiger partial charge in [0.05, 0.1) is 11.1 Å². The van der Waals surface area contributed by atoms with E-state index in [1.807, 2.05) is 30.3 Å². The van der Waals surface area contributed by atoms with Crippen molar-refractivity contribution >= 4 is 5.57 Å². The molecule has 0 saturated heterocycles. The van der Waals surface area contributed by atoms with Crippen molar-refractivity contribution < 1.29 is 36.2 Å². The molecule has 0 fully saturated rings. The fraction of sp³-hybridized carbons (Fsp3) is 0.259. The minimum Gasteiger partial charge on any atom is -0.508 e. The van der Waals surface area contributed by atoms with Crippen LogP contribution in [0.2, 0.25) is 0 Å². The van der Waals surface area contributed by atoms with Gasteiger partial charge in [0.25, 0.3) is 0 Å². The van der Waals surface area contributed by atoms with Gasteiger partial charge in [0.15, 0.2) is 0 Å². The first-order valence-corrected chi connectivity index (χ1v) is 10.6. The van der Waals surface area contributed by atoms with Gasteiger partial charge in [0.1, 0.15) is 18.1 Å². The second-order valence-corrected chi connectivity index (χ2v) is 8.18. The second-order valence-electron chi connectivity index (χ2n) is 8.18. The highest BCUT2D eigenvalue weighted by Gasteiger charge is 2.34. The zero-order valence-electron chi connectivity index (χ0n) is 19.5. The van der Waals surface area contributed by atoms with E-state index < -0.39 is 23.5 Å². The largest absolute Gasteiger partial charge is 0.508 e. The van der Waals surface area contributed by atoms with Crippen molar-refractivity contribution in [2.45, 2.75) is 45.6 Å². The molecule has 0 atom stereocenters. The highest BCUT2D eigenvalue weighted by atomic mass is 19.4. The summed E-state index contributed by atoms with van der Waals surface area (Å²) in [6.45, 7) is 8.77. The SMILES string of the molecule is C=C(C)c1cc(OCc2ccccc2)ccc1C(F)(F)F.CC(C)c1cc(O)ccc1C(F)(F)F. The van der Waals surface area contributed by atoms with Gasteiger partial charge in [-0.3, -0.25) is 0 Å². The number of phenolic OH excluding ortho intramolecular Hbond substituents is 1. The highest BCUT2D eigenvalue weighted by Crippen LogP contribution is 2.37. The summed E-state index contributed by atoms with van der Waals surface area (Å²) in [6, 6.07) is 16.3. The summed E-state index contributed by atoms with van der Waals surface area (Å²) in [4.78, 5) is 0. The molecule has 0 heterocycles. The van der Waals surface area contributed by atoms with Crippen molar-refractivity contribution in [1.82, 2.24) is 0 Å². The number of ether oxygens (including phenoxy) is 1. The molecule has 0 spiro atoms. The number of allylic oxidation sites excluding steroid dienone is 1. The maximum atomic E-state index is 12.9. The van der Waals surface area contributed by atoms with Gasteiger partial charge in [0.2, 0.25) is 0 Å². The number of hydrogen-bond donors (Lipinski definition) is 1. The number of hydrogen-bond acceptors (Lipinski definition) is 2. The molecule has 0 unspecified atom stereocenters. The van der Waals surface area contributed by atoms with Crippen LogP contribution in [0.1, 0.15) is 54.5 Å². The number of aromatic hydroxyl groups is 1. The summed E-state index contributed by atoms with van der Waals surface area (Å²) in [5.74, 6) is -0.00900. The molecule has 35 heavy (non-hydrogen) atoms. The molecular formula is C27H26F6O2. The lowest BCUT2D eigenvalue weighted by atomic mass is 9.96. The smallest absolute Gasteiger partial charge is 0.416 e. The van der Waals surface area contributed by atoms with Gasteiger partial charge in [-0.2, -0.15) is 26.3 Å². The third-order valence-corrected chi connectivity index (χ3v) is 4.97. The molecule has 3 aromatic rings. The molecule has 1 N–H and O–H groups in total. The van der Waals surface area contributed by atoms with E-state index in [0.717, 1.165) is 29.8 Å². The Balaban J connectivity index is 0.000000269. The van der Waals surface area contributed by atoms with Gasteiger partial charge < -0.3 is 9.84 Å². The molecule has 3 aromatic carbocycles. The third-order valence-electron chi connectivity index (χ3n) is 4.97. The molecule has 3 rings (SSSR count). The first-order chi connectivity index (χ1) is 16.2. The predicted octanol–water partition coefficient (Wildman–Crippen LogP) is 8.85. The third kappa shape index (κ3) is 8.09. The summed E-state index contributed by atoms with van der Waals surface area (Å²) in [6.07, 6.45) is -8.75. The van der Waals surface area contributed by atoms with E-state index in [-0.39, 0.29) is 22.8 Å². The van der Waals surface area contributed by atoms with Crippen molar-refractivity contribution in [3.05, 3.63) is 101 Å². The summed E-state index contributed by atoms with van der Waals surface area (Å²) in [5, 5.41) is 9.08. The molecule has 0 aliphatic heterocycles. The zero-order valence-corrected chi connectivity index (χ0v) is 19.5. The lowest BCUT2D eigenvalue weighted by molar-refractivity contribution is -0.139. The molecule has 2 nitrogen and oxygen atoms in total. The molecule has 8 heteroatoms. The number of benzene rings is 3. The Labute approximate surface area is 200 Å². The Morgan fingerprint density at radius 1 is 0.857 bits per heavy atom. The van der Waals surface area contributed by atoms with Gasteiger partial charge in [-0.15, -0.1) is 0 Å². The average Bonchev–Trinajstić information content (AvgIpc) is 2.77. The molecule has 0 aliphatic rings. The van der Waals surface area contributed by atoms with E-state index in [2.05, 4.69) is 6.58 Å². The van der Waals surface area contributed by atoms with Crippen LogP contribution in [0.25, 0.3) is 5.57 Å². The van der Waals surface area contributed by atoms with Gasteiger partial charge in [-0.1, -0.05) is 56.3 Å². The maximum absolute atomic E-state index is 12.9. The van der Waals surface area contributed by atoms with Crippen molar-refractivity contribution in [2.24, 2.45) is 0 Å². The normalized spacial score (nSPS) is 11.6. The van der Waals surface area contributed by atoms with Crippen LogP contribution < -0.4 is 4.74 Å². The lowest BCUT2D eigenvalue weighted by Gasteiger charge is -2.15. The summed E-state index contributed by atoms with van der Waals surface area (Å²) in [5.41, 5.74) is 0.125. The van der Waals surface area contributed by atoms with E-state index in [9.17, 15) is 26.3 Å². The Kier molecular flexibility index (Phi) is 9.01. The van der Waals surface area contributed by atoms with E-state index in [1.54, 1.807) is 20.8 Å². The van der Waals surface area contributed by atoms with Crippen LogP contribution in [-0.2, 0) is 19.0 Å². The molecule has 0 radical (unpaired) electrons. The molecule has 0 aromatic heterocycles. The topological polar surface area (TPSA) is 29.5 Å². The summed E-state index contributed by atoms with van der Waals surface area (Å²) in [7, 11) is 0. The lowest BCUT2D eigenvalue weighted by Crippen LogP contribution is -2.09. The average molecular weight is 496 g/mol. The van der Waals surface area contributed by atoms with Crippen LogP contribution >= 0.6 is 0 Å². The van der Waals surface area contributed by atoms with Gasteiger partial charge >= 0.3 is 12.4 Å². The fourth-order valence-electron chi connectivity index (χ4n) is 3.24. The first-order valence-electron chi connectivity index (χ1n) is 10.6. The molecular weight excluding hydrogens is 470 g/mol. The van der Waals surface area contributed by atoms with E-state index in [0.29, 0.717) is 17.9 Å². The van der Waals surface area contributed by atoms with Crippen molar-refractivity contribution in [1.29, 1.82) is 0 Å². The zero-order chi connectivity index (χ0) is 26.4. The van der Waals surface area contributed by atoms with E-state index >= 15 is 0 Å². The molecule has 0 bridgehead atoms. The Morgan fingerprint density at radius 3 is 1.94 bits per heavy atom. The van der Waals surface area contributed by atoms with Crippen LogP contribution in [0.3, 0.4) is 0 Å². The standard InChI is InChI=1S/C17H15F3O.C10H11F3O/c1-12(2)15-10-14(8-9-16(15)17(18,19)20)21-11-13-6-4-3-5-7-13;1-6(2)8-5-7(14)3-4-9(8)10(11,12)13/h3-10H,1,11H2,2H3;3-6,14H,1-2H3. The van der Waals surface area contributed by atoms with Crippen LogP contribution in [0.5, 0.6) is 11.5 Å². The number of halogens is 6. The summed E-state index contributed by atoms with van der Waals surface area (Å²) < 4.78 is 81.6. The quantitative estimate of drug-likeness (QED) is 0.358. The van der Waals surface area contributed by atoms with Crippen molar-refractivity contribution in [3.8, 4) is 11.5 Å². The predicted molar refractivity (Wildman–Crippen MR) is 124 cm³/mol. The van der Waals surface area contributed by atoms with E-state index in [4.69, 9.17) is 9.84 Å². The molecule has 188 valence electrons. The first kappa shape index (κ1) is 27.8. The van der Waals surface area contributed by atoms with Crippen LogP contribution in [0, 0.1) is 0 Å². The fourth-order valence-corrected chi connectivity index (χ4v) is 3.24. The van der Waals surface area contributed by atoms with Crippen molar-refractivity contribution in [2.75, 3.05) is 0 Å². The van der Waals surface area contributed by atoms with Crippen molar-refractivity contribution in [3.63, 3.8) is 0 Å². The molecule has 0 aliphatic carbocycles. The van der Waals surface area contributed by atoms with Gasteiger partial charge in [0, 0.05) is 0 Å². The molecule has 0 saturated carbocycles. The summed E-state index contributed by atoms with van der Waals surface area (Å²) >= 11 is 0. The second kappa shape index (κ2) is 11.3. The maximum Gasteiger partial charge on any atom is 0.416 e. The van der Waals surface area contributed by atoms with Gasteiger partial charge in [-0.05, 0) is 65.9 Å². The van der Waals surface area contributed by atoms with Crippen LogP contribution in [0.15, 0.2) is 73.3 Å². The minimum absolute atomic E-state index is 0.0630.